The van der Waals surface area contributed by atoms with E-state index in [4.69, 9.17) is 0 Å². The van der Waals surface area contributed by atoms with Gasteiger partial charge in [-0.1, -0.05) is 17.7 Å². The van der Waals surface area contributed by atoms with Crippen LogP contribution in [0, 0.1) is 13.8 Å². The first kappa shape index (κ1) is 17.4. The zero-order valence-corrected chi connectivity index (χ0v) is 15.1. The molecule has 1 saturated carbocycles. The van der Waals surface area contributed by atoms with Gasteiger partial charge in [-0.2, -0.15) is 4.31 Å². The Bertz CT molecular complexity index is 723. The second-order valence-corrected chi connectivity index (χ2v) is 8.54. The smallest absolute Gasteiger partial charge is 0.244 e. The van der Waals surface area contributed by atoms with Crippen LogP contribution in [0.5, 0.6) is 0 Å². The molecule has 3 rings (SSSR count). The van der Waals surface area contributed by atoms with Crippen LogP contribution in [0.1, 0.15) is 24.0 Å². The molecule has 1 aromatic rings. The van der Waals surface area contributed by atoms with Gasteiger partial charge in [0, 0.05) is 32.2 Å². The fraction of sp³-hybridized carbons (Fsp3) is 0.588. The van der Waals surface area contributed by atoms with E-state index >= 15 is 0 Å². The highest BCUT2D eigenvalue weighted by Crippen LogP contribution is 2.33. The number of rotatable bonds is 5. The second-order valence-electron chi connectivity index (χ2n) is 6.68. The van der Waals surface area contributed by atoms with Crippen molar-refractivity contribution in [2.75, 3.05) is 32.7 Å². The number of amides is 1. The Morgan fingerprint density at radius 3 is 2.50 bits per heavy atom. The molecule has 132 valence electrons. The molecule has 1 aliphatic carbocycles. The van der Waals surface area contributed by atoms with Gasteiger partial charge in [-0.15, -0.1) is 0 Å². The summed E-state index contributed by atoms with van der Waals surface area (Å²) < 4.78 is 27.6. The summed E-state index contributed by atoms with van der Waals surface area (Å²) in [4.78, 5) is 14.6. The van der Waals surface area contributed by atoms with Gasteiger partial charge in [-0.25, -0.2) is 8.42 Å². The average Bonchev–Trinajstić information content (AvgIpc) is 3.37. The number of aryl methyl sites for hydroxylation is 2. The molecule has 2 aliphatic rings. The first-order chi connectivity index (χ1) is 11.4. The van der Waals surface area contributed by atoms with E-state index in [1.165, 1.54) is 4.31 Å². The average molecular weight is 351 g/mol. The van der Waals surface area contributed by atoms with E-state index in [1.807, 2.05) is 26.0 Å². The molecular formula is C17H25N3O3S. The zero-order valence-electron chi connectivity index (χ0n) is 14.3. The number of nitrogens with one attached hydrogen (secondary N) is 1. The lowest BCUT2D eigenvalue weighted by atomic mass is 10.2. The summed E-state index contributed by atoms with van der Waals surface area (Å²) in [6, 6.07) is 5.30. The Morgan fingerprint density at radius 1 is 1.25 bits per heavy atom. The molecule has 0 radical (unpaired) electrons. The van der Waals surface area contributed by atoms with Crippen molar-refractivity contribution in [2.24, 2.45) is 0 Å². The van der Waals surface area contributed by atoms with E-state index in [9.17, 15) is 13.2 Å². The minimum atomic E-state index is -3.65. The fourth-order valence-corrected chi connectivity index (χ4v) is 4.98. The van der Waals surface area contributed by atoms with Gasteiger partial charge in [0.1, 0.15) is 0 Å². The van der Waals surface area contributed by atoms with Crippen LogP contribution < -0.4 is 5.32 Å². The third-order valence-electron chi connectivity index (χ3n) is 4.63. The topological polar surface area (TPSA) is 69.7 Å². The number of hydrogen-bond donors (Lipinski definition) is 1. The summed E-state index contributed by atoms with van der Waals surface area (Å²) in [7, 11) is -3.65. The standard InChI is InChI=1S/C17H25N3O3S/c1-13-3-6-16(14(2)11-13)24(22,23)20(15-4-5-15)12-17(21)19-9-7-18-8-10-19/h3,6,11,15,18H,4-5,7-10,12H2,1-2H3. The third-order valence-corrected chi connectivity index (χ3v) is 6.69. The predicted octanol–water partition coefficient (Wildman–Crippen LogP) is 0.888. The van der Waals surface area contributed by atoms with E-state index in [0.717, 1.165) is 37.1 Å². The van der Waals surface area contributed by atoms with E-state index < -0.39 is 10.0 Å². The van der Waals surface area contributed by atoms with Gasteiger partial charge < -0.3 is 10.2 Å². The van der Waals surface area contributed by atoms with Crippen LogP contribution in [-0.4, -0.2) is 62.3 Å². The molecule has 0 unspecified atom stereocenters. The lowest BCUT2D eigenvalue weighted by Gasteiger charge is -2.30. The summed E-state index contributed by atoms with van der Waals surface area (Å²) in [6.07, 6.45) is 1.66. The molecule has 1 aromatic carbocycles. The monoisotopic (exact) mass is 351 g/mol. The number of nitrogens with zero attached hydrogens (tertiary/aromatic N) is 2. The molecule has 1 N–H and O–H groups in total. The van der Waals surface area contributed by atoms with Crippen molar-refractivity contribution in [2.45, 2.75) is 37.6 Å². The molecule has 0 aromatic heterocycles. The van der Waals surface area contributed by atoms with Crippen molar-refractivity contribution in [3.8, 4) is 0 Å². The lowest BCUT2D eigenvalue weighted by Crippen LogP contribution is -2.50. The number of carbonyl (C=O) groups excluding carboxylic acids is 1. The van der Waals surface area contributed by atoms with Gasteiger partial charge in [-0.05, 0) is 38.3 Å². The minimum Gasteiger partial charge on any atom is -0.339 e. The summed E-state index contributed by atoms with van der Waals surface area (Å²) in [6.45, 7) is 6.50. The highest BCUT2D eigenvalue weighted by molar-refractivity contribution is 7.89. The molecule has 6 nitrogen and oxygen atoms in total. The molecule has 7 heteroatoms. The number of sulfonamides is 1. The van der Waals surface area contributed by atoms with Crippen LogP contribution in [0.2, 0.25) is 0 Å². The Hall–Kier alpha value is -1.44. The number of carbonyl (C=O) groups is 1. The van der Waals surface area contributed by atoms with Gasteiger partial charge >= 0.3 is 0 Å². The van der Waals surface area contributed by atoms with Gasteiger partial charge in [0.15, 0.2) is 0 Å². The minimum absolute atomic E-state index is 0.0393. The molecule has 1 amide bonds. The summed E-state index contributed by atoms with van der Waals surface area (Å²) in [5, 5.41) is 3.20. The maximum Gasteiger partial charge on any atom is 0.244 e. The molecule has 1 aliphatic heterocycles. The Labute approximate surface area is 143 Å². The van der Waals surface area contributed by atoms with E-state index in [2.05, 4.69) is 5.32 Å². The molecule has 1 heterocycles. The quantitative estimate of drug-likeness (QED) is 0.855. The molecule has 0 spiro atoms. The highest BCUT2D eigenvalue weighted by Gasteiger charge is 2.40. The van der Waals surface area contributed by atoms with E-state index in [0.29, 0.717) is 18.0 Å². The largest absolute Gasteiger partial charge is 0.339 e. The molecule has 0 bridgehead atoms. The van der Waals surface area contributed by atoms with E-state index in [1.54, 1.807) is 11.0 Å². The Balaban J connectivity index is 1.83. The third kappa shape index (κ3) is 3.63. The molecule has 2 fully saturated rings. The van der Waals surface area contributed by atoms with E-state index in [-0.39, 0.29) is 18.5 Å². The molecule has 24 heavy (non-hydrogen) atoms. The van der Waals surface area contributed by atoms with Gasteiger partial charge in [0.25, 0.3) is 0 Å². The molecule has 1 saturated heterocycles. The SMILES string of the molecule is Cc1ccc(S(=O)(=O)N(CC(=O)N2CCNCC2)C2CC2)c(C)c1. The maximum absolute atomic E-state index is 13.1. The van der Waals surface area contributed by atoms with Crippen LogP contribution in [0.25, 0.3) is 0 Å². The van der Waals surface area contributed by atoms with Crippen LogP contribution in [0.4, 0.5) is 0 Å². The predicted molar refractivity (Wildman–Crippen MR) is 92.3 cm³/mol. The van der Waals surface area contributed by atoms with Crippen molar-refractivity contribution in [1.29, 1.82) is 0 Å². The van der Waals surface area contributed by atoms with Crippen LogP contribution >= 0.6 is 0 Å². The zero-order chi connectivity index (χ0) is 17.3. The Kier molecular flexibility index (Phi) is 4.94. The normalized spacial score (nSPS) is 18.9. The summed E-state index contributed by atoms with van der Waals surface area (Å²) >= 11 is 0. The van der Waals surface area contributed by atoms with Crippen molar-refractivity contribution in [3.05, 3.63) is 29.3 Å². The molecule has 0 atom stereocenters. The van der Waals surface area contributed by atoms with Gasteiger partial charge in [0.05, 0.1) is 11.4 Å². The second kappa shape index (κ2) is 6.82. The summed E-state index contributed by atoms with van der Waals surface area (Å²) in [5.74, 6) is -0.100. The van der Waals surface area contributed by atoms with Crippen molar-refractivity contribution in [3.63, 3.8) is 0 Å². The number of hydrogen-bond acceptors (Lipinski definition) is 4. The van der Waals surface area contributed by atoms with Crippen LogP contribution in [0.15, 0.2) is 23.1 Å². The summed E-state index contributed by atoms with van der Waals surface area (Å²) in [5.41, 5.74) is 1.76. The van der Waals surface area contributed by atoms with Crippen LogP contribution in [0.3, 0.4) is 0 Å². The van der Waals surface area contributed by atoms with Crippen molar-refractivity contribution in [1.82, 2.24) is 14.5 Å². The first-order valence-corrected chi connectivity index (χ1v) is 9.91. The number of benzene rings is 1. The first-order valence-electron chi connectivity index (χ1n) is 8.47. The Morgan fingerprint density at radius 2 is 1.92 bits per heavy atom. The van der Waals surface area contributed by atoms with Crippen molar-refractivity contribution < 1.29 is 13.2 Å². The van der Waals surface area contributed by atoms with Crippen LogP contribution in [-0.2, 0) is 14.8 Å². The van der Waals surface area contributed by atoms with Crippen molar-refractivity contribution >= 4 is 15.9 Å². The van der Waals surface area contributed by atoms with Gasteiger partial charge in [0.2, 0.25) is 15.9 Å². The lowest BCUT2D eigenvalue weighted by molar-refractivity contribution is -0.132. The maximum atomic E-state index is 13.1. The van der Waals surface area contributed by atoms with Gasteiger partial charge in [-0.3, -0.25) is 4.79 Å². The molecular weight excluding hydrogens is 326 g/mol. The number of piperazine rings is 1. The fourth-order valence-electron chi connectivity index (χ4n) is 3.14. The highest BCUT2D eigenvalue weighted by atomic mass is 32.2.